The fraction of sp³-hybridized carbons (Fsp3) is 0.364. The lowest BCUT2D eigenvalue weighted by molar-refractivity contribution is 0.401. The summed E-state index contributed by atoms with van der Waals surface area (Å²) in [5.74, 6) is 1.55. The molecular weight excluding hydrogens is 220 g/mol. The standard InChI is InChI=1S/C11H12N4S/c12-9-6-15-11(16-9)8-4-13-10(14-5-8)7-2-1-3-7/h4-7H,1-3,12H2. The van der Waals surface area contributed by atoms with E-state index in [4.69, 9.17) is 5.73 Å². The van der Waals surface area contributed by atoms with Crippen LogP contribution < -0.4 is 5.73 Å². The van der Waals surface area contributed by atoms with Gasteiger partial charge in [-0.05, 0) is 12.8 Å². The van der Waals surface area contributed by atoms with Crippen LogP contribution in [-0.4, -0.2) is 15.0 Å². The van der Waals surface area contributed by atoms with Crippen molar-refractivity contribution in [1.82, 2.24) is 15.0 Å². The van der Waals surface area contributed by atoms with Crippen LogP contribution in [0.15, 0.2) is 18.6 Å². The lowest BCUT2D eigenvalue weighted by atomic mass is 9.85. The molecule has 5 heteroatoms. The van der Waals surface area contributed by atoms with Crippen LogP contribution in [0.25, 0.3) is 10.6 Å². The summed E-state index contributed by atoms with van der Waals surface area (Å²) >= 11 is 1.46. The molecule has 0 atom stereocenters. The van der Waals surface area contributed by atoms with E-state index in [1.54, 1.807) is 6.20 Å². The maximum absolute atomic E-state index is 5.64. The SMILES string of the molecule is Nc1cnc(-c2cnc(C3CCC3)nc2)s1. The Morgan fingerprint density at radius 1 is 1.12 bits per heavy atom. The predicted octanol–water partition coefficient (Wildman–Crippen LogP) is 2.45. The molecule has 2 aromatic heterocycles. The second-order valence-corrected chi connectivity index (χ2v) is 5.09. The van der Waals surface area contributed by atoms with Gasteiger partial charge in [-0.25, -0.2) is 15.0 Å². The predicted molar refractivity (Wildman–Crippen MR) is 64.1 cm³/mol. The Morgan fingerprint density at radius 2 is 1.88 bits per heavy atom. The summed E-state index contributed by atoms with van der Waals surface area (Å²) in [6, 6.07) is 0. The van der Waals surface area contributed by atoms with Gasteiger partial charge in [0.2, 0.25) is 0 Å². The average molecular weight is 232 g/mol. The van der Waals surface area contributed by atoms with Crippen molar-refractivity contribution >= 4 is 16.3 Å². The number of rotatable bonds is 2. The molecule has 1 aliphatic rings. The smallest absolute Gasteiger partial charge is 0.131 e. The van der Waals surface area contributed by atoms with Crippen molar-refractivity contribution in [3.63, 3.8) is 0 Å². The maximum Gasteiger partial charge on any atom is 0.131 e. The summed E-state index contributed by atoms with van der Waals surface area (Å²) in [6.45, 7) is 0. The third-order valence-electron chi connectivity index (χ3n) is 2.91. The Hall–Kier alpha value is -1.49. The maximum atomic E-state index is 5.64. The summed E-state index contributed by atoms with van der Waals surface area (Å²) in [5, 5.41) is 1.61. The van der Waals surface area contributed by atoms with Crippen LogP contribution in [0.2, 0.25) is 0 Å². The van der Waals surface area contributed by atoms with Crippen LogP contribution in [-0.2, 0) is 0 Å². The van der Waals surface area contributed by atoms with E-state index < -0.39 is 0 Å². The van der Waals surface area contributed by atoms with E-state index in [2.05, 4.69) is 15.0 Å². The molecule has 0 bridgehead atoms. The fourth-order valence-corrected chi connectivity index (χ4v) is 2.40. The molecule has 0 radical (unpaired) electrons. The van der Waals surface area contributed by atoms with Crippen LogP contribution in [0.4, 0.5) is 5.00 Å². The molecule has 0 aliphatic heterocycles. The van der Waals surface area contributed by atoms with Crippen LogP contribution in [0.1, 0.15) is 31.0 Å². The Kier molecular flexibility index (Phi) is 2.32. The number of nitrogen functional groups attached to an aromatic ring is 1. The van der Waals surface area contributed by atoms with Gasteiger partial charge in [0.05, 0.1) is 6.20 Å². The minimum atomic E-state index is 0.579. The first-order valence-electron chi connectivity index (χ1n) is 5.36. The minimum absolute atomic E-state index is 0.579. The first kappa shape index (κ1) is 9.72. The molecule has 2 N–H and O–H groups in total. The lowest BCUT2D eigenvalue weighted by Gasteiger charge is -2.23. The van der Waals surface area contributed by atoms with Gasteiger partial charge in [-0.2, -0.15) is 0 Å². The highest BCUT2D eigenvalue weighted by Gasteiger charge is 2.21. The molecule has 16 heavy (non-hydrogen) atoms. The zero-order valence-electron chi connectivity index (χ0n) is 8.76. The van der Waals surface area contributed by atoms with Crippen molar-refractivity contribution in [2.45, 2.75) is 25.2 Å². The van der Waals surface area contributed by atoms with Crippen molar-refractivity contribution in [2.24, 2.45) is 0 Å². The van der Waals surface area contributed by atoms with Crippen LogP contribution >= 0.6 is 11.3 Å². The van der Waals surface area contributed by atoms with Gasteiger partial charge in [0, 0.05) is 23.9 Å². The van der Waals surface area contributed by atoms with Gasteiger partial charge >= 0.3 is 0 Å². The van der Waals surface area contributed by atoms with Crippen LogP contribution in [0.5, 0.6) is 0 Å². The zero-order chi connectivity index (χ0) is 11.0. The topological polar surface area (TPSA) is 64.7 Å². The van der Waals surface area contributed by atoms with Crippen molar-refractivity contribution in [2.75, 3.05) is 5.73 Å². The third kappa shape index (κ3) is 1.67. The van der Waals surface area contributed by atoms with E-state index in [0.29, 0.717) is 5.92 Å². The number of hydrogen-bond acceptors (Lipinski definition) is 5. The quantitative estimate of drug-likeness (QED) is 0.863. The van der Waals surface area contributed by atoms with Gasteiger partial charge in [0.1, 0.15) is 15.8 Å². The van der Waals surface area contributed by atoms with E-state index in [0.717, 1.165) is 21.4 Å². The van der Waals surface area contributed by atoms with E-state index in [-0.39, 0.29) is 0 Å². The first-order chi connectivity index (χ1) is 7.83. The summed E-state index contributed by atoms with van der Waals surface area (Å²) in [4.78, 5) is 13.0. The summed E-state index contributed by atoms with van der Waals surface area (Å²) in [7, 11) is 0. The normalized spacial score (nSPS) is 16.0. The molecular formula is C11H12N4S. The van der Waals surface area contributed by atoms with E-state index in [1.807, 2.05) is 12.4 Å². The highest BCUT2D eigenvalue weighted by atomic mass is 32.1. The molecule has 1 fully saturated rings. The Bertz CT molecular complexity index is 487. The highest BCUT2D eigenvalue weighted by Crippen LogP contribution is 2.34. The second kappa shape index (κ2) is 3.83. The molecule has 1 saturated carbocycles. The molecule has 0 spiro atoms. The molecule has 2 aromatic rings. The van der Waals surface area contributed by atoms with Crippen LogP contribution in [0, 0.1) is 0 Å². The molecule has 3 rings (SSSR count). The summed E-state index contributed by atoms with van der Waals surface area (Å²) < 4.78 is 0. The Labute approximate surface area is 97.6 Å². The molecule has 4 nitrogen and oxygen atoms in total. The van der Waals surface area contributed by atoms with Crippen molar-refractivity contribution in [3.8, 4) is 10.6 Å². The van der Waals surface area contributed by atoms with Gasteiger partial charge in [0.25, 0.3) is 0 Å². The van der Waals surface area contributed by atoms with Gasteiger partial charge in [-0.15, -0.1) is 0 Å². The molecule has 0 amide bonds. The first-order valence-corrected chi connectivity index (χ1v) is 6.18. The largest absolute Gasteiger partial charge is 0.389 e. The van der Waals surface area contributed by atoms with Gasteiger partial charge in [-0.3, -0.25) is 0 Å². The number of hydrogen-bond donors (Lipinski definition) is 1. The average Bonchev–Trinajstić information content (AvgIpc) is 2.63. The van der Waals surface area contributed by atoms with E-state index in [9.17, 15) is 0 Å². The number of anilines is 1. The monoisotopic (exact) mass is 232 g/mol. The number of aromatic nitrogens is 3. The minimum Gasteiger partial charge on any atom is -0.389 e. The van der Waals surface area contributed by atoms with Crippen molar-refractivity contribution in [3.05, 3.63) is 24.4 Å². The lowest BCUT2D eigenvalue weighted by Crippen LogP contribution is -2.12. The molecule has 1 aliphatic carbocycles. The van der Waals surface area contributed by atoms with E-state index in [1.165, 1.54) is 30.6 Å². The van der Waals surface area contributed by atoms with Gasteiger partial charge < -0.3 is 5.73 Å². The second-order valence-electron chi connectivity index (χ2n) is 4.03. The molecule has 82 valence electrons. The zero-order valence-corrected chi connectivity index (χ0v) is 9.57. The number of nitrogens with zero attached hydrogens (tertiary/aromatic N) is 3. The Morgan fingerprint density at radius 3 is 2.38 bits per heavy atom. The number of thiazole rings is 1. The molecule has 0 saturated heterocycles. The molecule has 0 unspecified atom stereocenters. The summed E-state index contributed by atoms with van der Waals surface area (Å²) in [6.07, 6.45) is 9.11. The van der Waals surface area contributed by atoms with Crippen LogP contribution in [0.3, 0.4) is 0 Å². The highest BCUT2D eigenvalue weighted by molar-refractivity contribution is 7.18. The van der Waals surface area contributed by atoms with Gasteiger partial charge in [-0.1, -0.05) is 17.8 Å². The van der Waals surface area contributed by atoms with E-state index >= 15 is 0 Å². The number of nitrogens with two attached hydrogens (primary N) is 1. The Balaban J connectivity index is 1.86. The third-order valence-corrected chi connectivity index (χ3v) is 3.79. The summed E-state index contributed by atoms with van der Waals surface area (Å²) in [5.41, 5.74) is 6.59. The van der Waals surface area contributed by atoms with Crippen molar-refractivity contribution < 1.29 is 0 Å². The molecule has 0 aromatic carbocycles. The fourth-order valence-electron chi connectivity index (χ4n) is 1.75. The van der Waals surface area contributed by atoms with Gasteiger partial charge in [0.15, 0.2) is 0 Å². The van der Waals surface area contributed by atoms with Crippen molar-refractivity contribution in [1.29, 1.82) is 0 Å². The molecule has 2 heterocycles.